The number of hydrogen-bond acceptors (Lipinski definition) is 7. The zero-order valence-electron chi connectivity index (χ0n) is 26.9. The van der Waals surface area contributed by atoms with Crippen molar-refractivity contribution in [3.8, 4) is 5.75 Å². The molecule has 0 bridgehead atoms. The van der Waals surface area contributed by atoms with Gasteiger partial charge < -0.3 is 18.9 Å². The lowest BCUT2D eigenvalue weighted by atomic mass is 9.88. The van der Waals surface area contributed by atoms with Gasteiger partial charge >= 0.3 is 6.09 Å². The Morgan fingerprint density at radius 1 is 1.09 bits per heavy atom. The Morgan fingerprint density at radius 3 is 2.72 bits per heavy atom. The summed E-state index contributed by atoms with van der Waals surface area (Å²) in [6.07, 6.45) is 8.27. The van der Waals surface area contributed by atoms with Crippen LogP contribution in [0.5, 0.6) is 5.75 Å². The molecule has 2 saturated carbocycles. The second-order valence-electron chi connectivity index (χ2n) is 14.9. The fourth-order valence-electron chi connectivity index (χ4n) is 8.38. The molecule has 1 aromatic carbocycles. The summed E-state index contributed by atoms with van der Waals surface area (Å²) in [7, 11) is 0. The first-order chi connectivity index (χ1) is 22.0. The number of fused-ring (bicyclic) bond motifs is 4. The van der Waals surface area contributed by atoms with E-state index < -0.39 is 17.7 Å². The lowest BCUT2D eigenvalue weighted by Gasteiger charge is -2.43. The van der Waals surface area contributed by atoms with Crippen molar-refractivity contribution >= 4 is 23.6 Å². The van der Waals surface area contributed by atoms with E-state index >= 15 is 0 Å². The highest BCUT2D eigenvalue weighted by Crippen LogP contribution is 2.62. The lowest BCUT2D eigenvalue weighted by Crippen LogP contribution is -2.62. The van der Waals surface area contributed by atoms with Crippen LogP contribution in [0, 0.1) is 12.3 Å². The topological polar surface area (TPSA) is 93.0 Å². The van der Waals surface area contributed by atoms with Crippen LogP contribution in [-0.4, -0.2) is 91.6 Å². The van der Waals surface area contributed by atoms with E-state index in [0.29, 0.717) is 50.4 Å². The maximum atomic E-state index is 14.5. The number of pyridine rings is 1. The van der Waals surface area contributed by atoms with Crippen molar-refractivity contribution in [2.45, 2.75) is 82.7 Å². The third-order valence-corrected chi connectivity index (χ3v) is 11.0. The highest BCUT2D eigenvalue weighted by atomic mass is 35.5. The molecule has 3 aliphatic heterocycles. The quantitative estimate of drug-likeness (QED) is 0.397. The number of nitrogens with zero attached hydrogens (tertiary/aromatic N) is 6. The minimum Gasteiger partial charge on any atom is -0.488 e. The molecule has 5 aliphatic rings. The standard InChI is InChI=1S/C35H41ClN6O4/c1-22-17-41(21-38-22)28-15-34(28)9-11-40(20-34)31(43)26-18-39(12-13-42(26)32(44)46-33(2,3)4)29-16-35(29)25-8-7-24(36)14-27(25)45-19-23-6-5-10-37-30(23)35/h5-8,10,14,17,21,26,28-29H,9,11-13,15-16,18-20H2,1-4H3/t26?,28-,29?,34+,35?/m0/s1. The molecule has 8 rings (SSSR count). The Labute approximate surface area is 274 Å². The van der Waals surface area contributed by atoms with Gasteiger partial charge in [0, 0.05) is 78.8 Å². The van der Waals surface area contributed by atoms with Crippen LogP contribution in [0.2, 0.25) is 5.02 Å². The summed E-state index contributed by atoms with van der Waals surface area (Å²) in [6, 6.07) is 9.73. The summed E-state index contributed by atoms with van der Waals surface area (Å²) >= 11 is 6.41. The number of likely N-dealkylation sites (tertiary alicyclic amines) is 1. The van der Waals surface area contributed by atoms with Crippen LogP contribution in [0.25, 0.3) is 0 Å². The number of ether oxygens (including phenoxy) is 2. The largest absolute Gasteiger partial charge is 0.488 e. The Balaban J connectivity index is 1.08. The van der Waals surface area contributed by atoms with Gasteiger partial charge in [-0.1, -0.05) is 23.7 Å². The van der Waals surface area contributed by atoms with Gasteiger partial charge in [0.05, 0.1) is 23.1 Å². The monoisotopic (exact) mass is 644 g/mol. The first kappa shape index (κ1) is 29.8. The number of hydrogen-bond donors (Lipinski definition) is 0. The van der Waals surface area contributed by atoms with Crippen molar-refractivity contribution in [3.63, 3.8) is 0 Å². The minimum atomic E-state index is -0.662. The maximum Gasteiger partial charge on any atom is 0.411 e. The summed E-state index contributed by atoms with van der Waals surface area (Å²) in [4.78, 5) is 43.4. The summed E-state index contributed by atoms with van der Waals surface area (Å²) < 4.78 is 14.3. The van der Waals surface area contributed by atoms with Gasteiger partial charge in [0.2, 0.25) is 5.91 Å². The van der Waals surface area contributed by atoms with Crippen molar-refractivity contribution in [2.24, 2.45) is 5.41 Å². The van der Waals surface area contributed by atoms with Gasteiger partial charge in [-0.3, -0.25) is 19.6 Å². The third-order valence-electron chi connectivity index (χ3n) is 10.7. The van der Waals surface area contributed by atoms with E-state index in [2.05, 4.69) is 32.8 Å². The highest BCUT2D eigenvalue weighted by molar-refractivity contribution is 6.30. The molecule has 242 valence electrons. The van der Waals surface area contributed by atoms with Crippen LogP contribution in [0.4, 0.5) is 4.79 Å². The molecule has 0 N–H and O–H groups in total. The van der Waals surface area contributed by atoms with E-state index in [1.165, 1.54) is 0 Å². The molecule has 11 heteroatoms. The molecule has 10 nitrogen and oxygen atoms in total. The molecule has 4 fully saturated rings. The van der Waals surface area contributed by atoms with Gasteiger partial charge in [-0.2, -0.15) is 0 Å². The molecule has 2 amide bonds. The Kier molecular flexibility index (Phi) is 6.75. The van der Waals surface area contributed by atoms with E-state index in [1.54, 1.807) is 4.90 Å². The zero-order valence-corrected chi connectivity index (χ0v) is 27.7. The highest BCUT2D eigenvalue weighted by Gasteiger charge is 2.64. The number of piperazine rings is 1. The van der Waals surface area contributed by atoms with Gasteiger partial charge in [-0.15, -0.1) is 0 Å². The Hall–Kier alpha value is -3.63. The zero-order chi connectivity index (χ0) is 32.0. The predicted octanol–water partition coefficient (Wildman–Crippen LogP) is 4.98. The summed E-state index contributed by atoms with van der Waals surface area (Å²) in [5, 5.41) is 0.631. The molecule has 46 heavy (non-hydrogen) atoms. The maximum absolute atomic E-state index is 14.5. The van der Waals surface area contributed by atoms with E-state index in [1.807, 2.05) is 63.3 Å². The first-order valence-corrected chi connectivity index (χ1v) is 16.7. The molecule has 3 unspecified atom stereocenters. The fourth-order valence-corrected chi connectivity index (χ4v) is 8.55. The summed E-state index contributed by atoms with van der Waals surface area (Å²) in [5.74, 6) is 0.784. The molecule has 2 aliphatic carbocycles. The number of halogens is 1. The molecule has 5 heterocycles. The van der Waals surface area contributed by atoms with E-state index in [9.17, 15) is 9.59 Å². The number of rotatable bonds is 3. The third kappa shape index (κ3) is 4.87. The van der Waals surface area contributed by atoms with Gasteiger partial charge in [0.1, 0.15) is 24.0 Å². The number of benzene rings is 1. The van der Waals surface area contributed by atoms with Crippen LogP contribution in [0.15, 0.2) is 49.1 Å². The molecular weight excluding hydrogens is 604 g/mol. The molecular formula is C35H41ClN6O4. The first-order valence-electron chi connectivity index (χ1n) is 16.4. The van der Waals surface area contributed by atoms with E-state index in [0.717, 1.165) is 47.5 Å². The van der Waals surface area contributed by atoms with E-state index in [-0.39, 0.29) is 22.8 Å². The fraction of sp³-hybridized carbons (Fsp3) is 0.543. The van der Waals surface area contributed by atoms with Gasteiger partial charge in [-0.25, -0.2) is 9.78 Å². The van der Waals surface area contributed by atoms with Crippen molar-refractivity contribution < 1.29 is 19.1 Å². The van der Waals surface area contributed by atoms with Crippen molar-refractivity contribution in [2.75, 3.05) is 32.7 Å². The van der Waals surface area contributed by atoms with Crippen LogP contribution >= 0.6 is 11.6 Å². The molecule has 2 aromatic heterocycles. The number of carbonyl (C=O) groups excluding carboxylic acids is 2. The normalized spacial score (nSPS) is 30.1. The number of amides is 2. The summed E-state index contributed by atoms with van der Waals surface area (Å²) in [6.45, 7) is 10.9. The van der Waals surface area contributed by atoms with Crippen LogP contribution in [-0.2, 0) is 21.6 Å². The minimum absolute atomic E-state index is 0.00417. The number of aromatic nitrogens is 3. The lowest BCUT2D eigenvalue weighted by molar-refractivity contribution is -0.138. The Bertz CT molecular complexity index is 1720. The second-order valence-corrected chi connectivity index (χ2v) is 15.3. The Morgan fingerprint density at radius 2 is 1.93 bits per heavy atom. The average Bonchev–Trinajstić information content (AvgIpc) is 3.83. The molecule has 3 aromatic rings. The SMILES string of the molecule is Cc1cn([C@H]2C[C@@]23CCN(C(=O)C2CN(C4CC45c4ccc(Cl)cc4OCc4cccnc45)CCN2C(=O)OC(C)(C)C)C3)cn1. The number of carbonyl (C=O) groups is 2. The molecule has 0 radical (unpaired) electrons. The van der Waals surface area contributed by atoms with Crippen molar-refractivity contribution in [1.29, 1.82) is 0 Å². The van der Waals surface area contributed by atoms with Crippen LogP contribution in [0.3, 0.4) is 0 Å². The van der Waals surface area contributed by atoms with Gasteiger partial charge in [0.25, 0.3) is 0 Å². The predicted molar refractivity (Wildman–Crippen MR) is 172 cm³/mol. The average molecular weight is 645 g/mol. The summed E-state index contributed by atoms with van der Waals surface area (Å²) in [5.41, 5.74) is 3.20. The smallest absolute Gasteiger partial charge is 0.411 e. The van der Waals surface area contributed by atoms with Crippen LogP contribution < -0.4 is 4.74 Å². The molecule has 5 atom stereocenters. The van der Waals surface area contributed by atoms with E-state index in [4.69, 9.17) is 26.1 Å². The number of aryl methyl sites for hydroxylation is 1. The number of imidazole rings is 1. The molecule has 2 spiro atoms. The second kappa shape index (κ2) is 10.4. The van der Waals surface area contributed by atoms with Crippen molar-refractivity contribution in [1.82, 2.24) is 29.2 Å². The van der Waals surface area contributed by atoms with Gasteiger partial charge in [-0.05, 0) is 65.2 Å². The molecule has 2 saturated heterocycles. The van der Waals surface area contributed by atoms with Gasteiger partial charge in [0.15, 0.2) is 0 Å². The van der Waals surface area contributed by atoms with Crippen molar-refractivity contribution in [3.05, 3.63) is 76.6 Å². The van der Waals surface area contributed by atoms with Crippen LogP contribution in [0.1, 0.15) is 68.6 Å².